The Morgan fingerprint density at radius 2 is 1.39 bits per heavy atom. The molecule has 0 radical (unpaired) electrons. The first kappa shape index (κ1) is 29.2. The number of rotatable bonds is 16. The van der Waals surface area contributed by atoms with Gasteiger partial charge in [0.15, 0.2) is 5.41 Å². The fourth-order valence-electron chi connectivity index (χ4n) is 3.88. The minimum Gasteiger partial charge on any atom is -0.465 e. The van der Waals surface area contributed by atoms with E-state index in [1.54, 1.807) is 13.8 Å². The molecule has 0 heterocycles. The normalized spacial score (nSPS) is 11.1. The molecule has 0 bridgehead atoms. The number of carbonyl (C=O) groups is 2. The van der Waals surface area contributed by atoms with Crippen LogP contribution in [0, 0.1) is 5.41 Å². The SMILES string of the molecule is C=C(CC(CCC(Br)=C(CCCC)CCCC)(C(=O)OCC)C(=O)OCC)c1ccccc1. The molecule has 0 amide bonds. The largest absolute Gasteiger partial charge is 0.465 e. The van der Waals surface area contributed by atoms with Crippen molar-refractivity contribution in [2.24, 2.45) is 5.41 Å². The average molecular weight is 522 g/mol. The topological polar surface area (TPSA) is 52.6 Å². The van der Waals surface area contributed by atoms with Crippen LogP contribution in [0.3, 0.4) is 0 Å². The first-order chi connectivity index (χ1) is 15.9. The fraction of sp³-hybridized carbons (Fsp3) is 0.571. The second-order valence-electron chi connectivity index (χ2n) is 8.38. The van der Waals surface area contributed by atoms with Gasteiger partial charge in [0.05, 0.1) is 13.2 Å². The van der Waals surface area contributed by atoms with Gasteiger partial charge in [-0.15, -0.1) is 0 Å². The maximum atomic E-state index is 13.3. The van der Waals surface area contributed by atoms with Gasteiger partial charge in [0.1, 0.15) is 0 Å². The molecule has 0 aliphatic heterocycles. The van der Waals surface area contributed by atoms with Crippen LogP contribution in [-0.4, -0.2) is 25.2 Å². The molecule has 0 fully saturated rings. The maximum absolute atomic E-state index is 13.3. The van der Waals surface area contributed by atoms with E-state index in [1.807, 2.05) is 30.3 Å². The Bertz CT molecular complexity index is 754. The van der Waals surface area contributed by atoms with Crippen molar-refractivity contribution in [3.63, 3.8) is 0 Å². The van der Waals surface area contributed by atoms with E-state index >= 15 is 0 Å². The van der Waals surface area contributed by atoms with Crippen molar-refractivity contribution in [3.8, 4) is 0 Å². The lowest BCUT2D eigenvalue weighted by atomic mass is 9.76. The maximum Gasteiger partial charge on any atom is 0.323 e. The predicted octanol–water partition coefficient (Wildman–Crippen LogP) is 8.01. The minimum absolute atomic E-state index is 0.161. The number of unbranched alkanes of at least 4 members (excludes halogenated alkanes) is 2. The Hall–Kier alpha value is -1.88. The lowest BCUT2D eigenvalue weighted by molar-refractivity contribution is -0.172. The quantitative estimate of drug-likeness (QED) is 0.163. The van der Waals surface area contributed by atoms with Crippen molar-refractivity contribution >= 4 is 33.4 Å². The summed E-state index contributed by atoms with van der Waals surface area (Å²) >= 11 is 3.80. The van der Waals surface area contributed by atoms with E-state index in [9.17, 15) is 9.59 Å². The summed E-state index contributed by atoms with van der Waals surface area (Å²) in [6.07, 6.45) is 7.60. The average Bonchev–Trinajstić information content (AvgIpc) is 2.82. The highest BCUT2D eigenvalue weighted by atomic mass is 79.9. The molecule has 0 aliphatic carbocycles. The summed E-state index contributed by atoms with van der Waals surface area (Å²) in [6.45, 7) is 12.5. The number of allylic oxidation sites excluding steroid dienone is 3. The van der Waals surface area contributed by atoms with Crippen molar-refractivity contribution in [1.82, 2.24) is 0 Å². The van der Waals surface area contributed by atoms with E-state index in [4.69, 9.17) is 9.47 Å². The number of halogens is 1. The molecule has 0 N–H and O–H groups in total. The molecule has 1 rings (SSSR count). The number of hydrogen-bond acceptors (Lipinski definition) is 4. The van der Waals surface area contributed by atoms with E-state index in [2.05, 4.69) is 36.4 Å². The lowest BCUT2D eigenvalue weighted by Gasteiger charge is -2.30. The van der Waals surface area contributed by atoms with Gasteiger partial charge < -0.3 is 9.47 Å². The van der Waals surface area contributed by atoms with Crippen LogP contribution in [0.2, 0.25) is 0 Å². The van der Waals surface area contributed by atoms with Gasteiger partial charge in [0.2, 0.25) is 0 Å². The zero-order valence-corrected chi connectivity index (χ0v) is 22.5. The van der Waals surface area contributed by atoms with Crippen LogP contribution < -0.4 is 0 Å². The smallest absolute Gasteiger partial charge is 0.323 e. The van der Waals surface area contributed by atoms with Crippen LogP contribution >= 0.6 is 15.9 Å². The van der Waals surface area contributed by atoms with Crippen molar-refractivity contribution < 1.29 is 19.1 Å². The summed E-state index contributed by atoms with van der Waals surface area (Å²) in [7, 11) is 0. The molecule has 184 valence electrons. The third kappa shape index (κ3) is 9.11. The third-order valence-corrected chi connectivity index (χ3v) is 6.81. The molecular formula is C28H41BrO4. The highest BCUT2D eigenvalue weighted by Gasteiger charge is 2.49. The van der Waals surface area contributed by atoms with Crippen LogP contribution in [0.1, 0.15) is 91.0 Å². The van der Waals surface area contributed by atoms with E-state index in [0.717, 1.165) is 48.6 Å². The van der Waals surface area contributed by atoms with E-state index in [-0.39, 0.29) is 19.6 Å². The Balaban J connectivity index is 3.33. The fourth-order valence-corrected chi connectivity index (χ4v) is 4.47. The Labute approximate surface area is 208 Å². The second kappa shape index (κ2) is 15.9. The molecule has 4 nitrogen and oxygen atoms in total. The van der Waals surface area contributed by atoms with Crippen LogP contribution in [0.15, 0.2) is 47.0 Å². The molecule has 0 aliphatic rings. The molecule has 33 heavy (non-hydrogen) atoms. The number of benzene rings is 1. The summed E-state index contributed by atoms with van der Waals surface area (Å²) in [5.74, 6) is -1.08. The van der Waals surface area contributed by atoms with Gasteiger partial charge >= 0.3 is 11.9 Å². The van der Waals surface area contributed by atoms with Crippen molar-refractivity contribution in [3.05, 3.63) is 52.5 Å². The third-order valence-electron chi connectivity index (χ3n) is 5.85. The first-order valence-corrected chi connectivity index (χ1v) is 13.1. The zero-order chi connectivity index (χ0) is 24.7. The van der Waals surface area contributed by atoms with E-state index in [1.165, 1.54) is 5.57 Å². The molecule has 0 atom stereocenters. The Kier molecular flexibility index (Phi) is 14.0. The van der Waals surface area contributed by atoms with E-state index in [0.29, 0.717) is 18.4 Å². The van der Waals surface area contributed by atoms with Gasteiger partial charge in [-0.05, 0) is 74.4 Å². The molecule has 0 unspecified atom stereocenters. The van der Waals surface area contributed by atoms with Gasteiger partial charge in [-0.1, -0.05) is 85.1 Å². The molecule has 1 aromatic carbocycles. The summed E-state index contributed by atoms with van der Waals surface area (Å²) in [6, 6.07) is 9.64. The lowest BCUT2D eigenvalue weighted by Crippen LogP contribution is -2.42. The molecule has 1 aromatic rings. The van der Waals surface area contributed by atoms with Gasteiger partial charge in [-0.2, -0.15) is 0 Å². The van der Waals surface area contributed by atoms with Crippen molar-refractivity contribution in [1.29, 1.82) is 0 Å². The molecule has 0 spiro atoms. The molecular weight excluding hydrogens is 480 g/mol. The van der Waals surface area contributed by atoms with E-state index < -0.39 is 17.4 Å². The van der Waals surface area contributed by atoms with Crippen LogP contribution in [0.5, 0.6) is 0 Å². The van der Waals surface area contributed by atoms with Gasteiger partial charge in [0, 0.05) is 0 Å². The zero-order valence-electron chi connectivity index (χ0n) is 20.9. The second-order valence-corrected chi connectivity index (χ2v) is 9.34. The van der Waals surface area contributed by atoms with Crippen molar-refractivity contribution in [2.75, 3.05) is 13.2 Å². The van der Waals surface area contributed by atoms with Gasteiger partial charge in [0.25, 0.3) is 0 Å². The summed E-state index contributed by atoms with van der Waals surface area (Å²) in [5, 5.41) is 0. The van der Waals surface area contributed by atoms with Gasteiger partial charge in [-0.3, -0.25) is 9.59 Å². The molecule has 0 saturated carbocycles. The number of hydrogen-bond donors (Lipinski definition) is 0. The number of carbonyl (C=O) groups excluding carboxylic acids is 2. The highest BCUT2D eigenvalue weighted by molar-refractivity contribution is 9.11. The Morgan fingerprint density at radius 3 is 1.85 bits per heavy atom. The molecule has 5 heteroatoms. The Morgan fingerprint density at radius 1 is 0.879 bits per heavy atom. The summed E-state index contributed by atoms with van der Waals surface area (Å²) in [5.41, 5.74) is 1.56. The monoisotopic (exact) mass is 520 g/mol. The van der Waals surface area contributed by atoms with Crippen LogP contribution in [0.25, 0.3) is 5.57 Å². The van der Waals surface area contributed by atoms with Crippen LogP contribution in [0.4, 0.5) is 0 Å². The summed E-state index contributed by atoms with van der Waals surface area (Å²) in [4.78, 5) is 26.6. The highest BCUT2D eigenvalue weighted by Crippen LogP contribution is 2.40. The first-order valence-electron chi connectivity index (χ1n) is 12.3. The predicted molar refractivity (Wildman–Crippen MR) is 140 cm³/mol. The number of ether oxygens (including phenoxy) is 2. The summed E-state index contributed by atoms with van der Waals surface area (Å²) < 4.78 is 11.9. The van der Waals surface area contributed by atoms with Gasteiger partial charge in [-0.25, -0.2) is 0 Å². The standard InChI is InChI=1S/C28H41BrO4/c1-6-10-15-24(16-11-7-2)25(29)19-20-28(26(30)32-8-3,27(31)33-9-4)21-22(5)23-17-13-12-14-18-23/h12-14,17-18H,5-11,15-16,19-21H2,1-4H3. The molecule has 0 saturated heterocycles. The van der Waals surface area contributed by atoms with Crippen LogP contribution in [-0.2, 0) is 19.1 Å². The van der Waals surface area contributed by atoms with Crippen molar-refractivity contribution in [2.45, 2.75) is 85.5 Å². The molecule has 0 aromatic heterocycles. The minimum atomic E-state index is -1.43. The number of esters is 2.